The highest BCUT2D eigenvalue weighted by Crippen LogP contribution is 2.28. The van der Waals surface area contributed by atoms with Gasteiger partial charge in [0.05, 0.1) is 5.41 Å². The van der Waals surface area contributed by atoms with E-state index in [1.807, 2.05) is 11.8 Å². The Morgan fingerprint density at radius 3 is 2.67 bits per heavy atom. The number of nitrogens with one attached hydrogen (secondary N) is 1. The Labute approximate surface area is 96.0 Å². The summed E-state index contributed by atoms with van der Waals surface area (Å²) in [5, 5.41) is 13.1. The molecule has 3 nitrogen and oxygen atoms in total. The molecule has 2 atom stereocenters. The Hall–Kier alpha value is -0.220. The van der Waals surface area contributed by atoms with Crippen molar-refractivity contribution in [3.05, 3.63) is 0 Å². The van der Waals surface area contributed by atoms with Gasteiger partial charge in [0.25, 0.3) is 0 Å². The Bertz CT molecular complexity index is 231. The summed E-state index contributed by atoms with van der Waals surface area (Å²) in [4.78, 5) is 10.9. The number of thioether (sulfide) groups is 1. The van der Waals surface area contributed by atoms with Crippen molar-refractivity contribution in [2.75, 3.05) is 12.8 Å². The van der Waals surface area contributed by atoms with Crippen molar-refractivity contribution < 1.29 is 9.90 Å². The van der Waals surface area contributed by atoms with Crippen LogP contribution in [0, 0.1) is 5.41 Å². The van der Waals surface area contributed by atoms with Crippen molar-refractivity contribution in [1.29, 1.82) is 0 Å². The lowest BCUT2D eigenvalue weighted by Crippen LogP contribution is -2.40. The lowest BCUT2D eigenvalue weighted by Gasteiger charge is -2.22. The minimum atomic E-state index is -0.727. The quantitative estimate of drug-likeness (QED) is 0.759. The summed E-state index contributed by atoms with van der Waals surface area (Å²) in [6.07, 6.45) is 5.76. The van der Waals surface area contributed by atoms with Crippen LogP contribution in [-0.4, -0.2) is 35.2 Å². The van der Waals surface area contributed by atoms with Crippen molar-refractivity contribution in [2.24, 2.45) is 5.41 Å². The molecule has 0 aromatic heterocycles. The fourth-order valence-electron chi connectivity index (χ4n) is 1.81. The van der Waals surface area contributed by atoms with E-state index in [1.165, 1.54) is 19.3 Å². The first kappa shape index (κ1) is 12.8. The molecule has 2 unspecified atom stereocenters. The summed E-state index contributed by atoms with van der Waals surface area (Å²) in [5.41, 5.74) is -0.655. The van der Waals surface area contributed by atoms with Crippen LogP contribution in [0.1, 0.15) is 33.1 Å². The Kier molecular flexibility index (Phi) is 4.46. The maximum Gasteiger partial charge on any atom is 0.310 e. The summed E-state index contributed by atoms with van der Waals surface area (Å²) in [6.45, 7) is 4.10. The molecule has 1 saturated carbocycles. The molecular formula is C11H21NO2S. The average molecular weight is 231 g/mol. The third kappa shape index (κ3) is 3.68. The summed E-state index contributed by atoms with van der Waals surface area (Å²) in [6, 6.07) is 0.515. The molecule has 4 heteroatoms. The van der Waals surface area contributed by atoms with Gasteiger partial charge in [0.2, 0.25) is 0 Å². The highest BCUT2D eigenvalue weighted by molar-refractivity contribution is 7.99. The van der Waals surface area contributed by atoms with Crippen LogP contribution < -0.4 is 5.32 Å². The van der Waals surface area contributed by atoms with Gasteiger partial charge >= 0.3 is 5.97 Å². The molecule has 0 aromatic carbocycles. The zero-order valence-electron chi connectivity index (χ0n) is 9.75. The van der Waals surface area contributed by atoms with E-state index < -0.39 is 11.4 Å². The normalized spacial score (nSPS) is 26.9. The lowest BCUT2D eigenvalue weighted by atomic mass is 9.93. The number of aliphatic carboxylic acids is 1. The van der Waals surface area contributed by atoms with Crippen molar-refractivity contribution in [2.45, 2.75) is 44.4 Å². The second kappa shape index (κ2) is 5.21. The van der Waals surface area contributed by atoms with Gasteiger partial charge in [0, 0.05) is 17.8 Å². The maximum absolute atomic E-state index is 10.9. The molecule has 2 N–H and O–H groups in total. The fraction of sp³-hybridized carbons (Fsp3) is 0.909. The van der Waals surface area contributed by atoms with Crippen LogP contribution >= 0.6 is 11.8 Å². The van der Waals surface area contributed by atoms with E-state index in [0.29, 0.717) is 12.6 Å². The van der Waals surface area contributed by atoms with E-state index in [-0.39, 0.29) is 0 Å². The monoisotopic (exact) mass is 231 g/mol. The molecule has 0 spiro atoms. The lowest BCUT2D eigenvalue weighted by molar-refractivity contribution is -0.146. The van der Waals surface area contributed by atoms with E-state index in [4.69, 9.17) is 5.11 Å². The van der Waals surface area contributed by atoms with Gasteiger partial charge in [-0.1, -0.05) is 0 Å². The first-order valence-corrected chi connectivity index (χ1v) is 6.74. The van der Waals surface area contributed by atoms with Gasteiger partial charge in [-0.05, 0) is 39.4 Å². The largest absolute Gasteiger partial charge is 0.481 e. The summed E-state index contributed by atoms with van der Waals surface area (Å²) in [7, 11) is 0. The van der Waals surface area contributed by atoms with Gasteiger partial charge in [0.15, 0.2) is 0 Å². The molecule has 1 aliphatic carbocycles. The van der Waals surface area contributed by atoms with Crippen molar-refractivity contribution in [3.63, 3.8) is 0 Å². The molecule has 0 saturated heterocycles. The van der Waals surface area contributed by atoms with Gasteiger partial charge in [-0.3, -0.25) is 4.79 Å². The Morgan fingerprint density at radius 2 is 2.20 bits per heavy atom. The second-order valence-corrected chi connectivity index (χ2v) is 6.08. The van der Waals surface area contributed by atoms with Gasteiger partial charge in [-0.25, -0.2) is 0 Å². The standard InChI is InChI=1S/C11H21NO2S/c1-11(2,10(13)14)7-12-8-4-5-9(6-8)15-3/h8-9,12H,4-7H2,1-3H3,(H,13,14). The van der Waals surface area contributed by atoms with E-state index in [9.17, 15) is 4.79 Å². The van der Waals surface area contributed by atoms with E-state index in [0.717, 1.165) is 5.25 Å². The third-order valence-corrected chi connectivity index (χ3v) is 4.22. The molecule has 15 heavy (non-hydrogen) atoms. The number of carboxylic acids is 1. The van der Waals surface area contributed by atoms with Crippen LogP contribution in [0.2, 0.25) is 0 Å². The van der Waals surface area contributed by atoms with Crippen LogP contribution in [0.15, 0.2) is 0 Å². The molecule has 1 aliphatic rings. The smallest absolute Gasteiger partial charge is 0.310 e. The van der Waals surface area contributed by atoms with E-state index in [2.05, 4.69) is 11.6 Å². The Balaban J connectivity index is 2.29. The number of hydrogen-bond acceptors (Lipinski definition) is 3. The second-order valence-electron chi connectivity index (χ2n) is 4.94. The molecule has 0 amide bonds. The number of hydrogen-bond donors (Lipinski definition) is 2. The molecular weight excluding hydrogens is 210 g/mol. The van der Waals surface area contributed by atoms with Crippen LogP contribution in [-0.2, 0) is 4.79 Å². The van der Waals surface area contributed by atoms with Gasteiger partial charge in [-0.15, -0.1) is 0 Å². The minimum Gasteiger partial charge on any atom is -0.481 e. The summed E-state index contributed by atoms with van der Waals surface area (Å²) in [5.74, 6) is -0.727. The first-order valence-electron chi connectivity index (χ1n) is 5.45. The van der Waals surface area contributed by atoms with E-state index in [1.54, 1.807) is 13.8 Å². The molecule has 1 rings (SSSR count). The first-order chi connectivity index (χ1) is 6.95. The van der Waals surface area contributed by atoms with Crippen molar-refractivity contribution >= 4 is 17.7 Å². The zero-order chi connectivity index (χ0) is 11.5. The van der Waals surface area contributed by atoms with Crippen LogP contribution in [0.25, 0.3) is 0 Å². The summed E-state index contributed by atoms with van der Waals surface area (Å²) < 4.78 is 0. The van der Waals surface area contributed by atoms with Crippen molar-refractivity contribution in [3.8, 4) is 0 Å². The SMILES string of the molecule is CSC1CCC(NCC(C)(C)C(=O)O)C1. The van der Waals surface area contributed by atoms with Crippen LogP contribution in [0.5, 0.6) is 0 Å². The molecule has 88 valence electrons. The van der Waals surface area contributed by atoms with Crippen molar-refractivity contribution in [1.82, 2.24) is 5.32 Å². The average Bonchev–Trinajstić information content (AvgIpc) is 2.62. The highest BCUT2D eigenvalue weighted by Gasteiger charge is 2.30. The maximum atomic E-state index is 10.9. The predicted molar refractivity (Wildman–Crippen MR) is 64.4 cm³/mol. The summed E-state index contributed by atoms with van der Waals surface area (Å²) >= 11 is 1.92. The molecule has 0 heterocycles. The Morgan fingerprint density at radius 1 is 1.53 bits per heavy atom. The zero-order valence-corrected chi connectivity index (χ0v) is 10.6. The van der Waals surface area contributed by atoms with Gasteiger partial charge < -0.3 is 10.4 Å². The highest BCUT2D eigenvalue weighted by atomic mass is 32.2. The van der Waals surface area contributed by atoms with Gasteiger partial charge in [0.1, 0.15) is 0 Å². The molecule has 0 aromatic rings. The topological polar surface area (TPSA) is 49.3 Å². The fourth-order valence-corrected chi connectivity index (χ4v) is 2.61. The third-order valence-electron chi connectivity index (χ3n) is 3.13. The number of carbonyl (C=O) groups is 1. The van der Waals surface area contributed by atoms with Gasteiger partial charge in [-0.2, -0.15) is 11.8 Å². The molecule has 0 aliphatic heterocycles. The number of rotatable bonds is 5. The molecule has 0 radical (unpaired) electrons. The predicted octanol–water partition coefficient (Wildman–Crippen LogP) is 1.97. The molecule has 1 fully saturated rings. The minimum absolute atomic E-state index is 0.515. The van der Waals surface area contributed by atoms with Crippen LogP contribution in [0.3, 0.4) is 0 Å². The molecule has 0 bridgehead atoms. The van der Waals surface area contributed by atoms with E-state index >= 15 is 0 Å². The van der Waals surface area contributed by atoms with Crippen LogP contribution in [0.4, 0.5) is 0 Å². The number of carboxylic acid groups (broad SMARTS) is 1.